The third-order valence-corrected chi connectivity index (χ3v) is 3.00. The molecule has 0 bridgehead atoms. The van der Waals surface area contributed by atoms with Gasteiger partial charge in [-0.25, -0.2) is 4.79 Å². The molecule has 0 aliphatic rings. The molecule has 1 aromatic carbocycles. The predicted octanol–water partition coefficient (Wildman–Crippen LogP) is 4.12. The summed E-state index contributed by atoms with van der Waals surface area (Å²) < 4.78 is 6.71. The molecule has 1 heterocycles. The van der Waals surface area contributed by atoms with Crippen molar-refractivity contribution in [2.45, 2.75) is 52.6 Å². The first-order chi connectivity index (χ1) is 9.08. The Morgan fingerprint density at radius 1 is 1.15 bits per heavy atom. The highest BCUT2D eigenvalue weighted by Gasteiger charge is 2.21. The summed E-state index contributed by atoms with van der Waals surface area (Å²) in [6.07, 6.45) is 1.24. The predicted molar refractivity (Wildman–Crippen MR) is 80.1 cm³/mol. The average Bonchev–Trinajstić information content (AvgIpc) is 2.67. The summed E-state index contributed by atoms with van der Waals surface area (Å²) >= 11 is 0. The summed E-state index contributed by atoms with van der Waals surface area (Å²) in [4.78, 5) is 12.2. The third-order valence-electron chi connectivity index (χ3n) is 3.00. The van der Waals surface area contributed by atoms with E-state index in [4.69, 9.17) is 4.74 Å². The first-order valence-corrected chi connectivity index (χ1v) is 6.79. The fourth-order valence-electron chi connectivity index (χ4n) is 1.94. The summed E-state index contributed by atoms with van der Waals surface area (Å²) in [6.45, 7) is 12.0. The Balaban J connectivity index is 2.47. The van der Waals surface area contributed by atoms with Crippen molar-refractivity contribution in [3.05, 3.63) is 30.0 Å². The third kappa shape index (κ3) is 3.00. The molecule has 2 aromatic rings. The van der Waals surface area contributed by atoms with Crippen molar-refractivity contribution in [1.29, 1.82) is 0 Å². The maximum Gasteiger partial charge on any atom is 0.435 e. The number of hydrogen-bond donors (Lipinski definition) is 0. The van der Waals surface area contributed by atoms with Crippen LogP contribution < -0.4 is 0 Å². The Hall–Kier alpha value is -1.84. The monoisotopic (exact) mass is 274 g/mol. The minimum atomic E-state index is -0.531. The molecule has 2 rings (SSSR count). The van der Waals surface area contributed by atoms with Gasteiger partial charge in [-0.15, -0.1) is 0 Å². The minimum absolute atomic E-state index is 0.0250. The fraction of sp³-hybridized carbons (Fsp3) is 0.500. The number of nitrogens with zero attached hydrogens (tertiary/aromatic N) is 2. The van der Waals surface area contributed by atoms with Gasteiger partial charge in [0.05, 0.1) is 11.7 Å². The molecule has 0 spiro atoms. The van der Waals surface area contributed by atoms with Crippen LogP contribution in [0.15, 0.2) is 24.4 Å². The number of carbonyl (C=O) groups excluding carboxylic acids is 1. The molecule has 4 nitrogen and oxygen atoms in total. The fourth-order valence-corrected chi connectivity index (χ4v) is 1.94. The van der Waals surface area contributed by atoms with Crippen LogP contribution >= 0.6 is 0 Å². The second-order valence-electron chi connectivity index (χ2n) is 7.06. The molecule has 108 valence electrons. The molecular formula is C16H22N2O2. The number of aromatic nitrogens is 2. The number of carbonyl (C=O) groups is 1. The van der Waals surface area contributed by atoms with Crippen LogP contribution in [0.3, 0.4) is 0 Å². The van der Waals surface area contributed by atoms with Crippen LogP contribution in [0, 0.1) is 0 Å². The molecule has 0 saturated carbocycles. The molecule has 0 radical (unpaired) electrons. The van der Waals surface area contributed by atoms with Crippen molar-refractivity contribution in [3.63, 3.8) is 0 Å². The maximum absolute atomic E-state index is 12.2. The Kier molecular flexibility index (Phi) is 3.36. The van der Waals surface area contributed by atoms with Crippen molar-refractivity contribution < 1.29 is 9.53 Å². The van der Waals surface area contributed by atoms with Crippen LogP contribution in [0.1, 0.15) is 47.1 Å². The molecular weight excluding hydrogens is 252 g/mol. The molecule has 0 aliphatic carbocycles. The largest absolute Gasteiger partial charge is 0.442 e. The summed E-state index contributed by atoms with van der Waals surface area (Å²) in [5.41, 5.74) is 1.44. The van der Waals surface area contributed by atoms with Gasteiger partial charge in [0.1, 0.15) is 5.60 Å². The first-order valence-electron chi connectivity index (χ1n) is 6.79. The van der Waals surface area contributed by atoms with Crippen LogP contribution in [0.4, 0.5) is 4.79 Å². The van der Waals surface area contributed by atoms with Crippen LogP contribution in [0.5, 0.6) is 0 Å². The lowest BCUT2D eigenvalue weighted by molar-refractivity contribution is 0.0522. The van der Waals surface area contributed by atoms with E-state index in [-0.39, 0.29) is 5.41 Å². The summed E-state index contributed by atoms with van der Waals surface area (Å²) in [6, 6.07) is 6.07. The minimum Gasteiger partial charge on any atom is -0.442 e. The van der Waals surface area contributed by atoms with Crippen molar-refractivity contribution in [2.24, 2.45) is 0 Å². The van der Waals surface area contributed by atoms with E-state index in [2.05, 4.69) is 31.9 Å². The lowest BCUT2D eigenvalue weighted by atomic mass is 9.87. The van der Waals surface area contributed by atoms with Gasteiger partial charge in [-0.3, -0.25) is 0 Å². The normalized spacial score (nSPS) is 12.7. The number of fused-ring (bicyclic) bond motifs is 1. The van der Waals surface area contributed by atoms with E-state index < -0.39 is 11.7 Å². The summed E-state index contributed by atoms with van der Waals surface area (Å²) in [7, 11) is 0. The van der Waals surface area contributed by atoms with Crippen LogP contribution in [0.2, 0.25) is 0 Å². The Morgan fingerprint density at radius 3 is 2.35 bits per heavy atom. The van der Waals surface area contributed by atoms with Gasteiger partial charge < -0.3 is 4.74 Å². The average molecular weight is 274 g/mol. The smallest absolute Gasteiger partial charge is 0.435 e. The Morgan fingerprint density at radius 2 is 1.80 bits per heavy atom. The molecule has 0 amide bonds. The van der Waals surface area contributed by atoms with Crippen molar-refractivity contribution in [2.75, 3.05) is 0 Å². The van der Waals surface area contributed by atoms with Gasteiger partial charge in [-0.1, -0.05) is 32.9 Å². The van der Waals surface area contributed by atoms with Gasteiger partial charge >= 0.3 is 6.09 Å². The van der Waals surface area contributed by atoms with Gasteiger partial charge in [0.15, 0.2) is 0 Å². The number of hydrogen-bond acceptors (Lipinski definition) is 3. The second kappa shape index (κ2) is 4.62. The number of benzene rings is 1. The van der Waals surface area contributed by atoms with Gasteiger partial charge in [0.2, 0.25) is 0 Å². The van der Waals surface area contributed by atoms with Crippen molar-refractivity contribution >= 4 is 17.0 Å². The highest BCUT2D eigenvalue weighted by Crippen LogP contribution is 2.26. The zero-order chi connectivity index (χ0) is 15.1. The Labute approximate surface area is 119 Å². The van der Waals surface area contributed by atoms with Crippen molar-refractivity contribution in [3.8, 4) is 0 Å². The lowest BCUT2D eigenvalue weighted by Crippen LogP contribution is -2.27. The number of rotatable bonds is 0. The van der Waals surface area contributed by atoms with Gasteiger partial charge in [0.25, 0.3) is 0 Å². The first kappa shape index (κ1) is 14.6. The highest BCUT2D eigenvalue weighted by atomic mass is 16.6. The van der Waals surface area contributed by atoms with Crippen molar-refractivity contribution in [1.82, 2.24) is 9.78 Å². The Bertz CT molecular complexity index is 643. The summed E-state index contributed by atoms with van der Waals surface area (Å²) in [5.74, 6) is 0. The highest BCUT2D eigenvalue weighted by molar-refractivity contribution is 5.88. The molecule has 1 aromatic heterocycles. The molecule has 0 N–H and O–H groups in total. The molecule has 20 heavy (non-hydrogen) atoms. The van der Waals surface area contributed by atoms with E-state index in [1.54, 1.807) is 6.20 Å². The molecule has 4 heteroatoms. The maximum atomic E-state index is 12.2. The van der Waals surface area contributed by atoms with Gasteiger partial charge in [-0.05, 0) is 37.8 Å². The van der Waals surface area contributed by atoms with E-state index in [0.29, 0.717) is 0 Å². The van der Waals surface area contributed by atoms with Gasteiger partial charge in [-0.2, -0.15) is 9.78 Å². The zero-order valence-corrected chi connectivity index (χ0v) is 13.0. The molecule has 0 saturated heterocycles. The number of ether oxygens (including phenoxy) is 1. The topological polar surface area (TPSA) is 44.1 Å². The van der Waals surface area contributed by atoms with Crippen LogP contribution in [0.25, 0.3) is 10.9 Å². The molecule has 0 unspecified atom stereocenters. The second-order valence-corrected chi connectivity index (χ2v) is 7.06. The quantitative estimate of drug-likeness (QED) is 0.726. The molecule has 0 atom stereocenters. The lowest BCUT2D eigenvalue weighted by Gasteiger charge is -2.20. The van der Waals surface area contributed by atoms with Crippen LogP contribution in [-0.2, 0) is 10.2 Å². The van der Waals surface area contributed by atoms with E-state index in [1.165, 1.54) is 4.68 Å². The molecule has 0 aliphatic heterocycles. The zero-order valence-electron chi connectivity index (χ0n) is 13.0. The van der Waals surface area contributed by atoms with Gasteiger partial charge in [0, 0.05) is 5.39 Å². The SMILES string of the molecule is CC(C)(C)OC(=O)n1ncc2ccc(C(C)(C)C)cc21. The van der Waals surface area contributed by atoms with E-state index >= 15 is 0 Å². The standard InChI is InChI=1S/C16H22N2O2/c1-15(2,3)12-8-7-11-10-17-18(13(11)9-12)14(19)20-16(4,5)6/h7-10H,1-6H3. The van der Waals surface area contributed by atoms with E-state index in [9.17, 15) is 4.79 Å². The van der Waals surface area contributed by atoms with Crippen LogP contribution in [-0.4, -0.2) is 21.5 Å². The summed E-state index contributed by atoms with van der Waals surface area (Å²) in [5, 5.41) is 5.08. The molecule has 0 fully saturated rings. The van der Waals surface area contributed by atoms with E-state index in [1.807, 2.05) is 32.9 Å². The van der Waals surface area contributed by atoms with E-state index in [0.717, 1.165) is 16.5 Å².